The zero-order valence-corrected chi connectivity index (χ0v) is 11.0. The minimum absolute atomic E-state index is 0.144. The van der Waals surface area contributed by atoms with Crippen LogP contribution in [0.1, 0.15) is 0 Å². The number of H-pyrrole nitrogens is 1. The number of hydrogen-bond acceptors (Lipinski definition) is 4. The van der Waals surface area contributed by atoms with Crippen LogP contribution in [0.2, 0.25) is 0 Å². The monoisotopic (exact) mass is 246 g/mol. The largest absolute Gasteiger partial charge is 0.373 e. The first-order chi connectivity index (χ1) is 8.58. The van der Waals surface area contributed by atoms with Crippen molar-refractivity contribution in [3.8, 4) is 0 Å². The van der Waals surface area contributed by atoms with E-state index in [-0.39, 0.29) is 5.56 Å². The molecule has 5 nitrogen and oxygen atoms in total. The maximum atomic E-state index is 11.5. The van der Waals surface area contributed by atoms with Gasteiger partial charge in [-0.05, 0) is 32.3 Å². The molecule has 0 radical (unpaired) electrons. The van der Waals surface area contributed by atoms with Gasteiger partial charge in [-0.3, -0.25) is 4.79 Å². The van der Waals surface area contributed by atoms with Crippen LogP contribution in [0.5, 0.6) is 0 Å². The Bertz CT molecular complexity index is 591. The molecular weight excluding hydrogens is 228 g/mol. The van der Waals surface area contributed by atoms with Crippen molar-refractivity contribution in [2.75, 3.05) is 39.1 Å². The predicted molar refractivity (Wildman–Crippen MR) is 74.2 cm³/mol. The fourth-order valence-corrected chi connectivity index (χ4v) is 1.80. The van der Waals surface area contributed by atoms with Gasteiger partial charge in [0.05, 0.1) is 11.6 Å². The Morgan fingerprint density at radius 2 is 2.00 bits per heavy atom. The van der Waals surface area contributed by atoms with E-state index in [0.717, 1.165) is 24.2 Å². The van der Waals surface area contributed by atoms with Crippen molar-refractivity contribution < 1.29 is 0 Å². The van der Waals surface area contributed by atoms with Crippen LogP contribution in [0.3, 0.4) is 0 Å². The molecule has 0 aliphatic heterocycles. The summed E-state index contributed by atoms with van der Waals surface area (Å²) < 4.78 is 0. The van der Waals surface area contributed by atoms with Crippen molar-refractivity contribution in [1.82, 2.24) is 15.1 Å². The number of aromatic nitrogens is 2. The zero-order valence-electron chi connectivity index (χ0n) is 11.0. The Balaban J connectivity index is 2.27. The number of anilines is 1. The molecule has 1 aromatic carbocycles. The van der Waals surface area contributed by atoms with Gasteiger partial charge in [-0.15, -0.1) is 0 Å². The lowest BCUT2D eigenvalue weighted by atomic mass is 10.1. The van der Waals surface area contributed by atoms with E-state index in [9.17, 15) is 4.79 Å². The first-order valence-electron chi connectivity index (χ1n) is 5.91. The Kier molecular flexibility index (Phi) is 3.62. The maximum absolute atomic E-state index is 11.5. The zero-order chi connectivity index (χ0) is 13.1. The summed E-state index contributed by atoms with van der Waals surface area (Å²) in [6, 6.07) is 5.80. The Morgan fingerprint density at radius 3 is 2.72 bits per heavy atom. The van der Waals surface area contributed by atoms with Gasteiger partial charge in [0.25, 0.3) is 5.56 Å². The first kappa shape index (κ1) is 12.6. The quantitative estimate of drug-likeness (QED) is 0.871. The van der Waals surface area contributed by atoms with Crippen molar-refractivity contribution in [3.63, 3.8) is 0 Å². The molecule has 0 fully saturated rings. The van der Waals surface area contributed by atoms with Crippen molar-refractivity contribution in [1.29, 1.82) is 0 Å². The summed E-state index contributed by atoms with van der Waals surface area (Å²) in [5.74, 6) is 0. The van der Waals surface area contributed by atoms with Crippen LogP contribution in [-0.4, -0.2) is 49.3 Å². The fraction of sp³-hybridized carbons (Fsp3) is 0.385. The molecule has 0 atom stereocenters. The van der Waals surface area contributed by atoms with Crippen LogP contribution < -0.4 is 10.5 Å². The molecular formula is C13H18N4O. The highest BCUT2D eigenvalue weighted by Crippen LogP contribution is 2.18. The van der Waals surface area contributed by atoms with Crippen LogP contribution in [0.25, 0.3) is 10.8 Å². The molecule has 5 heteroatoms. The van der Waals surface area contributed by atoms with Gasteiger partial charge in [0.2, 0.25) is 0 Å². The molecule has 1 heterocycles. The molecule has 0 saturated carbocycles. The maximum Gasteiger partial charge on any atom is 0.272 e. The summed E-state index contributed by atoms with van der Waals surface area (Å²) in [4.78, 5) is 15.8. The average Bonchev–Trinajstić information content (AvgIpc) is 2.35. The number of benzene rings is 1. The molecule has 0 amide bonds. The van der Waals surface area contributed by atoms with E-state index in [1.165, 1.54) is 0 Å². The SMILES string of the molecule is CN(C)CCN(C)c1ccc2c(=O)[nH]ncc2c1. The summed E-state index contributed by atoms with van der Waals surface area (Å²) >= 11 is 0. The highest BCUT2D eigenvalue weighted by atomic mass is 16.1. The number of aromatic amines is 1. The number of nitrogens with zero attached hydrogens (tertiary/aromatic N) is 3. The van der Waals surface area contributed by atoms with Gasteiger partial charge in [0.1, 0.15) is 0 Å². The van der Waals surface area contributed by atoms with E-state index < -0.39 is 0 Å². The third-order valence-electron chi connectivity index (χ3n) is 2.97. The molecule has 1 aromatic heterocycles. The van der Waals surface area contributed by atoms with Crippen LogP contribution >= 0.6 is 0 Å². The van der Waals surface area contributed by atoms with Crippen molar-refractivity contribution in [3.05, 3.63) is 34.7 Å². The van der Waals surface area contributed by atoms with Gasteiger partial charge in [-0.25, -0.2) is 5.10 Å². The number of hydrogen-bond donors (Lipinski definition) is 1. The second kappa shape index (κ2) is 5.18. The molecule has 0 aliphatic rings. The van der Waals surface area contributed by atoms with E-state index >= 15 is 0 Å². The van der Waals surface area contributed by atoms with Crippen LogP contribution in [0, 0.1) is 0 Å². The molecule has 0 spiro atoms. The topological polar surface area (TPSA) is 52.2 Å². The Labute approximate surface area is 106 Å². The number of likely N-dealkylation sites (N-methyl/N-ethyl adjacent to an activating group) is 2. The van der Waals surface area contributed by atoms with Crippen molar-refractivity contribution in [2.45, 2.75) is 0 Å². The van der Waals surface area contributed by atoms with Gasteiger partial charge >= 0.3 is 0 Å². The lowest BCUT2D eigenvalue weighted by Gasteiger charge is -2.21. The van der Waals surface area contributed by atoms with Gasteiger partial charge in [0, 0.05) is 31.2 Å². The summed E-state index contributed by atoms with van der Waals surface area (Å²) in [6.45, 7) is 1.93. The smallest absolute Gasteiger partial charge is 0.272 e. The summed E-state index contributed by atoms with van der Waals surface area (Å²) in [7, 11) is 6.15. The molecule has 0 aliphatic carbocycles. The average molecular weight is 246 g/mol. The highest BCUT2D eigenvalue weighted by molar-refractivity contribution is 5.84. The summed E-state index contributed by atoms with van der Waals surface area (Å²) in [5, 5.41) is 7.80. The lowest BCUT2D eigenvalue weighted by Crippen LogP contribution is -2.28. The van der Waals surface area contributed by atoms with Gasteiger partial charge in [0.15, 0.2) is 0 Å². The molecule has 2 aromatic rings. The highest BCUT2D eigenvalue weighted by Gasteiger charge is 2.04. The third kappa shape index (κ3) is 2.68. The molecule has 2 rings (SSSR count). The van der Waals surface area contributed by atoms with Crippen LogP contribution in [0.15, 0.2) is 29.2 Å². The molecule has 96 valence electrons. The minimum Gasteiger partial charge on any atom is -0.373 e. The molecule has 18 heavy (non-hydrogen) atoms. The predicted octanol–water partition coefficient (Wildman–Crippen LogP) is 0.921. The fourth-order valence-electron chi connectivity index (χ4n) is 1.80. The van der Waals surface area contributed by atoms with Gasteiger partial charge in [-0.2, -0.15) is 5.10 Å². The Hall–Kier alpha value is -1.88. The second-order valence-corrected chi connectivity index (χ2v) is 4.70. The summed E-state index contributed by atoms with van der Waals surface area (Å²) in [6.07, 6.45) is 1.68. The first-order valence-corrected chi connectivity index (χ1v) is 5.91. The normalized spacial score (nSPS) is 11.1. The molecule has 0 bridgehead atoms. The molecule has 0 unspecified atom stereocenters. The van der Waals surface area contributed by atoms with Gasteiger partial charge in [-0.1, -0.05) is 0 Å². The van der Waals surface area contributed by atoms with Crippen LogP contribution in [0.4, 0.5) is 5.69 Å². The lowest BCUT2D eigenvalue weighted by molar-refractivity contribution is 0.416. The second-order valence-electron chi connectivity index (χ2n) is 4.70. The standard InChI is InChI=1S/C13H18N4O/c1-16(2)6-7-17(3)11-4-5-12-10(8-11)9-14-15-13(12)18/h4-5,8-9H,6-7H2,1-3H3,(H,15,18). The van der Waals surface area contributed by atoms with Crippen molar-refractivity contribution >= 4 is 16.5 Å². The number of rotatable bonds is 4. The van der Waals surface area contributed by atoms with Gasteiger partial charge < -0.3 is 9.80 Å². The van der Waals surface area contributed by atoms with E-state index in [1.54, 1.807) is 6.20 Å². The van der Waals surface area contributed by atoms with Crippen molar-refractivity contribution in [2.24, 2.45) is 0 Å². The van der Waals surface area contributed by atoms with E-state index in [2.05, 4.69) is 34.1 Å². The van der Waals surface area contributed by atoms with Crippen LogP contribution in [-0.2, 0) is 0 Å². The molecule has 1 N–H and O–H groups in total. The van der Waals surface area contributed by atoms with E-state index in [0.29, 0.717) is 5.39 Å². The minimum atomic E-state index is -0.144. The number of fused-ring (bicyclic) bond motifs is 1. The number of nitrogens with one attached hydrogen (secondary N) is 1. The third-order valence-corrected chi connectivity index (χ3v) is 2.97. The Morgan fingerprint density at radius 1 is 1.22 bits per heavy atom. The summed E-state index contributed by atoms with van der Waals surface area (Å²) in [5.41, 5.74) is 0.951. The van der Waals surface area contributed by atoms with E-state index in [1.807, 2.05) is 25.2 Å². The van der Waals surface area contributed by atoms with E-state index in [4.69, 9.17) is 0 Å². The molecule has 0 saturated heterocycles.